The summed E-state index contributed by atoms with van der Waals surface area (Å²) in [6.07, 6.45) is 5.16. The molecule has 5 heteroatoms. The molecule has 0 aliphatic carbocycles. The minimum atomic E-state index is -3.55. The highest BCUT2D eigenvalue weighted by atomic mass is 32.2. The minimum absolute atomic E-state index is 0.295. The van der Waals surface area contributed by atoms with Gasteiger partial charge in [-0.1, -0.05) is 37.6 Å². The second-order valence-electron chi connectivity index (χ2n) is 5.05. The highest BCUT2D eigenvalue weighted by molar-refractivity contribution is 7.99. The highest BCUT2D eigenvalue weighted by Gasteiger charge is 2.15. The maximum absolute atomic E-state index is 12.5. The number of sulfonamides is 1. The molecule has 2 aromatic carbocycles. The molecule has 1 N–H and O–H groups in total. The van der Waals surface area contributed by atoms with Crippen molar-refractivity contribution in [1.82, 2.24) is 0 Å². The monoisotopic (exact) mass is 335 g/mol. The van der Waals surface area contributed by atoms with E-state index in [1.54, 1.807) is 18.2 Å². The average molecular weight is 335 g/mol. The van der Waals surface area contributed by atoms with Crippen molar-refractivity contribution in [3.05, 3.63) is 54.1 Å². The van der Waals surface area contributed by atoms with Gasteiger partial charge in [0.2, 0.25) is 0 Å². The molecule has 0 radical (unpaired) electrons. The lowest BCUT2D eigenvalue weighted by Gasteiger charge is -2.11. The van der Waals surface area contributed by atoms with Crippen LogP contribution in [0.5, 0.6) is 0 Å². The van der Waals surface area contributed by atoms with Crippen LogP contribution in [-0.4, -0.2) is 14.7 Å². The molecule has 2 aromatic rings. The van der Waals surface area contributed by atoms with Crippen molar-refractivity contribution in [2.24, 2.45) is 0 Å². The van der Waals surface area contributed by atoms with Crippen LogP contribution in [-0.2, 0) is 16.4 Å². The van der Waals surface area contributed by atoms with Gasteiger partial charge in [-0.05, 0) is 48.9 Å². The van der Waals surface area contributed by atoms with Gasteiger partial charge in [-0.2, -0.15) is 0 Å². The summed E-state index contributed by atoms with van der Waals surface area (Å²) in [6, 6.07) is 14.5. The van der Waals surface area contributed by atoms with Gasteiger partial charge in [0.25, 0.3) is 10.0 Å². The molecule has 0 atom stereocenters. The number of nitrogens with one attached hydrogen (secondary N) is 1. The quantitative estimate of drug-likeness (QED) is 0.755. The fourth-order valence-electron chi connectivity index (χ4n) is 2.15. The summed E-state index contributed by atoms with van der Waals surface area (Å²) in [5.74, 6) is 0. The Balaban J connectivity index is 2.19. The summed E-state index contributed by atoms with van der Waals surface area (Å²) in [5, 5.41) is 0. The van der Waals surface area contributed by atoms with Gasteiger partial charge in [-0.25, -0.2) is 8.42 Å². The molecule has 3 nitrogen and oxygen atoms in total. The average Bonchev–Trinajstić information content (AvgIpc) is 2.53. The zero-order valence-corrected chi connectivity index (χ0v) is 14.5. The largest absolute Gasteiger partial charge is 0.278 e. The van der Waals surface area contributed by atoms with Crippen LogP contribution in [0.1, 0.15) is 25.3 Å². The van der Waals surface area contributed by atoms with Gasteiger partial charge in [-0.15, -0.1) is 11.8 Å². The van der Waals surface area contributed by atoms with Gasteiger partial charge in [0.05, 0.1) is 10.6 Å². The molecule has 0 bridgehead atoms. The third kappa shape index (κ3) is 4.27. The fraction of sp³-hybridized carbons (Fsp3) is 0.294. The Morgan fingerprint density at radius 1 is 1.05 bits per heavy atom. The van der Waals surface area contributed by atoms with Gasteiger partial charge < -0.3 is 0 Å². The number of thioether (sulfide) groups is 1. The summed E-state index contributed by atoms with van der Waals surface area (Å²) in [4.78, 5) is 1.20. The maximum Gasteiger partial charge on any atom is 0.261 e. The molecule has 118 valence electrons. The molecular weight excluding hydrogens is 314 g/mol. The van der Waals surface area contributed by atoms with E-state index in [2.05, 4.69) is 11.6 Å². The lowest BCUT2D eigenvalue weighted by Crippen LogP contribution is -2.13. The molecule has 2 rings (SSSR count). The Bertz CT molecular complexity index is 710. The number of aryl methyl sites for hydroxylation is 1. The van der Waals surface area contributed by atoms with E-state index in [0.717, 1.165) is 24.2 Å². The van der Waals surface area contributed by atoms with E-state index < -0.39 is 10.0 Å². The van der Waals surface area contributed by atoms with Crippen LogP contribution in [0.2, 0.25) is 0 Å². The molecule has 22 heavy (non-hydrogen) atoms. The number of hydrogen-bond acceptors (Lipinski definition) is 3. The standard InChI is InChI=1S/C17H21NO2S2/c1-3-4-7-14-10-12-15(13-11-14)22(19,20)18-16-8-5-6-9-17(16)21-2/h5-6,8-13,18H,3-4,7H2,1-2H3. The fourth-order valence-corrected chi connectivity index (χ4v) is 3.85. The van der Waals surface area contributed by atoms with Gasteiger partial charge in [0.15, 0.2) is 0 Å². The first kappa shape index (κ1) is 16.9. The van der Waals surface area contributed by atoms with Gasteiger partial charge >= 0.3 is 0 Å². The Hall–Kier alpha value is -1.46. The lowest BCUT2D eigenvalue weighted by atomic mass is 10.1. The first-order chi connectivity index (χ1) is 10.6. The van der Waals surface area contributed by atoms with Crippen LogP contribution < -0.4 is 4.72 Å². The molecule has 0 heterocycles. The lowest BCUT2D eigenvalue weighted by molar-refractivity contribution is 0.601. The van der Waals surface area contributed by atoms with Crippen LogP contribution in [0.15, 0.2) is 58.3 Å². The van der Waals surface area contributed by atoms with Crippen molar-refractivity contribution in [3.63, 3.8) is 0 Å². The van der Waals surface area contributed by atoms with E-state index in [1.807, 2.05) is 36.6 Å². The molecule has 0 unspecified atom stereocenters. The highest BCUT2D eigenvalue weighted by Crippen LogP contribution is 2.27. The zero-order valence-electron chi connectivity index (χ0n) is 12.9. The molecule has 0 spiro atoms. The zero-order chi connectivity index (χ0) is 16.0. The minimum Gasteiger partial charge on any atom is -0.278 e. The number of benzene rings is 2. The van der Waals surface area contributed by atoms with E-state index in [4.69, 9.17) is 0 Å². The van der Waals surface area contributed by atoms with Crippen molar-refractivity contribution < 1.29 is 8.42 Å². The van der Waals surface area contributed by atoms with Crippen molar-refractivity contribution in [2.75, 3.05) is 11.0 Å². The smallest absolute Gasteiger partial charge is 0.261 e. The molecule has 0 fully saturated rings. The first-order valence-corrected chi connectivity index (χ1v) is 10.0. The van der Waals surface area contributed by atoms with Crippen LogP contribution in [0, 0.1) is 0 Å². The number of anilines is 1. The van der Waals surface area contributed by atoms with Gasteiger partial charge in [0, 0.05) is 4.90 Å². The van der Waals surface area contributed by atoms with Crippen molar-refractivity contribution in [1.29, 1.82) is 0 Å². The Morgan fingerprint density at radius 2 is 1.73 bits per heavy atom. The first-order valence-electron chi connectivity index (χ1n) is 7.31. The Morgan fingerprint density at radius 3 is 2.36 bits per heavy atom. The second kappa shape index (κ2) is 7.70. The van der Waals surface area contributed by atoms with Crippen molar-refractivity contribution in [3.8, 4) is 0 Å². The molecule has 0 aliphatic heterocycles. The second-order valence-corrected chi connectivity index (χ2v) is 7.58. The summed E-state index contributed by atoms with van der Waals surface area (Å²) in [6.45, 7) is 2.14. The summed E-state index contributed by atoms with van der Waals surface area (Å²) >= 11 is 1.52. The molecule has 0 amide bonds. The third-order valence-corrected chi connectivity index (χ3v) is 5.58. The SMILES string of the molecule is CCCCc1ccc(S(=O)(=O)Nc2ccccc2SC)cc1. The Labute approximate surface area is 137 Å². The van der Waals surface area contributed by atoms with E-state index in [-0.39, 0.29) is 0 Å². The molecule has 0 aromatic heterocycles. The van der Waals surface area contributed by atoms with Crippen LogP contribution >= 0.6 is 11.8 Å². The van der Waals surface area contributed by atoms with Crippen molar-refractivity contribution >= 4 is 27.5 Å². The molecule has 0 saturated carbocycles. The predicted molar refractivity (Wildman–Crippen MR) is 94.1 cm³/mol. The van der Waals surface area contributed by atoms with Crippen LogP contribution in [0.4, 0.5) is 5.69 Å². The van der Waals surface area contributed by atoms with Crippen LogP contribution in [0.25, 0.3) is 0 Å². The number of rotatable bonds is 7. The van der Waals surface area contributed by atoms with Crippen molar-refractivity contribution in [2.45, 2.75) is 36.0 Å². The summed E-state index contributed by atoms with van der Waals surface area (Å²) in [7, 11) is -3.55. The normalized spacial score (nSPS) is 11.4. The summed E-state index contributed by atoms with van der Waals surface area (Å²) < 4.78 is 27.6. The number of unbranched alkanes of at least 4 members (excludes halogenated alkanes) is 1. The van der Waals surface area contributed by atoms with E-state index >= 15 is 0 Å². The molecule has 0 aliphatic rings. The number of hydrogen-bond donors (Lipinski definition) is 1. The number of para-hydroxylation sites is 1. The molecular formula is C17H21NO2S2. The topological polar surface area (TPSA) is 46.2 Å². The predicted octanol–water partition coefficient (Wildman–Crippen LogP) is 4.55. The van der Waals surface area contributed by atoms with Crippen LogP contribution in [0.3, 0.4) is 0 Å². The maximum atomic E-state index is 12.5. The Kier molecular flexibility index (Phi) is 5.91. The van der Waals surface area contributed by atoms with E-state index in [0.29, 0.717) is 10.6 Å². The van der Waals surface area contributed by atoms with E-state index in [1.165, 1.54) is 17.3 Å². The third-order valence-electron chi connectivity index (χ3n) is 3.40. The van der Waals surface area contributed by atoms with Gasteiger partial charge in [0.1, 0.15) is 0 Å². The van der Waals surface area contributed by atoms with Gasteiger partial charge in [-0.3, -0.25) is 4.72 Å². The molecule has 0 saturated heterocycles. The summed E-state index contributed by atoms with van der Waals surface area (Å²) in [5.41, 5.74) is 1.79. The van der Waals surface area contributed by atoms with E-state index in [9.17, 15) is 8.42 Å².